The van der Waals surface area contributed by atoms with Crippen molar-refractivity contribution in [3.05, 3.63) is 52.9 Å². The molecule has 1 aromatic carbocycles. The number of rotatable bonds is 5. The molecule has 3 heterocycles. The molecule has 10 heteroatoms. The Kier molecular flexibility index (Phi) is 5.30. The van der Waals surface area contributed by atoms with Crippen LogP contribution < -0.4 is 14.8 Å². The summed E-state index contributed by atoms with van der Waals surface area (Å²) in [6.45, 7) is 5.79. The van der Waals surface area contributed by atoms with Crippen LogP contribution >= 0.6 is 11.6 Å². The summed E-state index contributed by atoms with van der Waals surface area (Å²) >= 11 is 6.27. The number of aromatic nitrogens is 3. The first-order chi connectivity index (χ1) is 14.7. The SMILES string of the molecule is CCc1cc(-c2cc3c(cc2Cl)OC(F)(F)O3)ncc1NC(=O)c1ccnn1C(C)C. The molecule has 0 unspecified atom stereocenters. The standard InChI is InChI=1S/C21H19ClF2N4O3/c1-4-12-7-15(13-8-18-19(9-14(13)22)31-21(23,24)30-18)25-10-16(12)27-20(29)17-5-6-26-28(17)11(2)3/h5-11H,4H2,1-3H3,(H,27,29). The van der Waals surface area contributed by atoms with E-state index in [0.717, 1.165) is 5.56 Å². The smallest absolute Gasteiger partial charge is 0.395 e. The normalized spacial score (nSPS) is 14.2. The van der Waals surface area contributed by atoms with Crippen LogP contribution in [0.15, 0.2) is 36.7 Å². The van der Waals surface area contributed by atoms with Crippen LogP contribution in [0.3, 0.4) is 0 Å². The summed E-state index contributed by atoms with van der Waals surface area (Å²) in [7, 11) is 0. The number of halogens is 3. The number of nitrogens with one attached hydrogen (secondary N) is 1. The van der Waals surface area contributed by atoms with Crippen molar-refractivity contribution in [1.29, 1.82) is 0 Å². The molecular weight excluding hydrogens is 430 g/mol. The number of anilines is 1. The van der Waals surface area contributed by atoms with E-state index in [1.807, 2.05) is 20.8 Å². The number of pyridine rings is 1. The lowest BCUT2D eigenvalue weighted by Gasteiger charge is -2.14. The van der Waals surface area contributed by atoms with Gasteiger partial charge in [-0.3, -0.25) is 14.5 Å². The third-order valence-corrected chi connectivity index (χ3v) is 5.09. The van der Waals surface area contributed by atoms with E-state index in [4.69, 9.17) is 11.6 Å². The van der Waals surface area contributed by atoms with Crippen LogP contribution in [-0.4, -0.2) is 27.0 Å². The number of amides is 1. The van der Waals surface area contributed by atoms with Crippen molar-refractivity contribution in [2.75, 3.05) is 5.32 Å². The first-order valence-electron chi connectivity index (χ1n) is 9.62. The average Bonchev–Trinajstić information content (AvgIpc) is 3.31. The molecule has 7 nitrogen and oxygen atoms in total. The van der Waals surface area contributed by atoms with Gasteiger partial charge in [-0.25, -0.2) is 0 Å². The monoisotopic (exact) mass is 448 g/mol. The van der Waals surface area contributed by atoms with Crippen LogP contribution in [0, 0.1) is 0 Å². The number of hydrogen-bond acceptors (Lipinski definition) is 5. The van der Waals surface area contributed by atoms with Crippen molar-refractivity contribution in [2.45, 2.75) is 39.5 Å². The van der Waals surface area contributed by atoms with Gasteiger partial charge in [0, 0.05) is 23.9 Å². The van der Waals surface area contributed by atoms with Gasteiger partial charge in [-0.1, -0.05) is 18.5 Å². The summed E-state index contributed by atoms with van der Waals surface area (Å²) in [6, 6.07) is 6.05. The van der Waals surface area contributed by atoms with Gasteiger partial charge in [0.05, 0.1) is 22.6 Å². The molecule has 0 aliphatic carbocycles. The van der Waals surface area contributed by atoms with Gasteiger partial charge in [0.2, 0.25) is 0 Å². The van der Waals surface area contributed by atoms with Gasteiger partial charge in [0.25, 0.3) is 5.91 Å². The minimum atomic E-state index is -3.73. The lowest BCUT2D eigenvalue weighted by atomic mass is 10.1. The molecule has 3 aromatic rings. The van der Waals surface area contributed by atoms with Gasteiger partial charge >= 0.3 is 6.29 Å². The van der Waals surface area contributed by atoms with E-state index in [1.165, 1.54) is 18.3 Å². The molecule has 0 bridgehead atoms. The highest BCUT2D eigenvalue weighted by Gasteiger charge is 2.44. The molecule has 31 heavy (non-hydrogen) atoms. The van der Waals surface area contributed by atoms with Crippen molar-refractivity contribution in [1.82, 2.24) is 14.8 Å². The summed E-state index contributed by atoms with van der Waals surface area (Å²) < 4.78 is 37.2. The van der Waals surface area contributed by atoms with E-state index in [-0.39, 0.29) is 28.5 Å². The number of nitrogens with zero attached hydrogens (tertiary/aromatic N) is 3. The number of benzene rings is 1. The third-order valence-electron chi connectivity index (χ3n) is 4.78. The van der Waals surface area contributed by atoms with Gasteiger partial charge in [-0.15, -0.1) is 8.78 Å². The maximum Gasteiger partial charge on any atom is 0.586 e. The van der Waals surface area contributed by atoms with Gasteiger partial charge < -0.3 is 14.8 Å². The van der Waals surface area contributed by atoms with Crippen molar-refractivity contribution < 1.29 is 23.0 Å². The number of fused-ring (bicyclic) bond motifs is 1. The second kappa shape index (κ2) is 7.81. The predicted molar refractivity (Wildman–Crippen MR) is 111 cm³/mol. The minimum Gasteiger partial charge on any atom is -0.395 e. The molecule has 1 aliphatic rings. The number of aryl methyl sites for hydroxylation is 1. The summed E-state index contributed by atoms with van der Waals surface area (Å²) in [5.41, 5.74) is 2.63. The Morgan fingerprint density at radius 2 is 1.97 bits per heavy atom. The van der Waals surface area contributed by atoms with Crippen LogP contribution in [0.1, 0.15) is 42.9 Å². The van der Waals surface area contributed by atoms with Gasteiger partial charge in [0.15, 0.2) is 11.5 Å². The van der Waals surface area contributed by atoms with Crippen LogP contribution in [0.25, 0.3) is 11.3 Å². The fraction of sp³-hybridized carbons (Fsp3) is 0.286. The number of hydrogen-bond donors (Lipinski definition) is 1. The van der Waals surface area contributed by atoms with Crippen molar-refractivity contribution in [2.24, 2.45) is 0 Å². The van der Waals surface area contributed by atoms with Crippen LogP contribution in [0.4, 0.5) is 14.5 Å². The molecule has 0 saturated heterocycles. The summed E-state index contributed by atoms with van der Waals surface area (Å²) in [4.78, 5) is 17.1. The Hall–Kier alpha value is -3.20. The van der Waals surface area contributed by atoms with E-state index >= 15 is 0 Å². The first-order valence-corrected chi connectivity index (χ1v) is 10.00. The van der Waals surface area contributed by atoms with Crippen molar-refractivity contribution in [3.8, 4) is 22.8 Å². The maximum absolute atomic E-state index is 13.3. The fourth-order valence-electron chi connectivity index (χ4n) is 3.31. The Labute approximate surface area is 181 Å². The highest BCUT2D eigenvalue weighted by molar-refractivity contribution is 6.33. The average molecular weight is 449 g/mol. The fourth-order valence-corrected chi connectivity index (χ4v) is 3.56. The molecule has 0 fully saturated rings. The Morgan fingerprint density at radius 3 is 2.65 bits per heavy atom. The third kappa shape index (κ3) is 4.05. The van der Waals surface area contributed by atoms with Crippen LogP contribution in [-0.2, 0) is 6.42 Å². The van der Waals surface area contributed by atoms with Crippen LogP contribution in [0.2, 0.25) is 5.02 Å². The largest absolute Gasteiger partial charge is 0.586 e. The molecule has 162 valence electrons. The number of carbonyl (C=O) groups is 1. The molecular formula is C21H19ClF2N4O3. The Balaban J connectivity index is 1.64. The second-order valence-electron chi connectivity index (χ2n) is 7.24. The van der Waals surface area contributed by atoms with Gasteiger partial charge in [-0.05, 0) is 44.0 Å². The van der Waals surface area contributed by atoms with Gasteiger partial charge in [0.1, 0.15) is 5.69 Å². The van der Waals surface area contributed by atoms with Crippen LogP contribution in [0.5, 0.6) is 11.5 Å². The minimum absolute atomic E-state index is 0.0300. The highest BCUT2D eigenvalue weighted by Crippen LogP contribution is 2.46. The number of carbonyl (C=O) groups excluding carboxylic acids is 1. The lowest BCUT2D eigenvalue weighted by Crippen LogP contribution is -2.25. The number of ether oxygens (including phenoxy) is 2. The summed E-state index contributed by atoms with van der Waals surface area (Å²) in [6.07, 6.45) is -0.0580. The zero-order valence-electron chi connectivity index (χ0n) is 16.9. The van der Waals surface area contributed by atoms with Crippen molar-refractivity contribution >= 4 is 23.2 Å². The molecule has 1 amide bonds. The molecule has 0 radical (unpaired) electrons. The highest BCUT2D eigenvalue weighted by atomic mass is 35.5. The topological polar surface area (TPSA) is 78.3 Å². The van der Waals surface area contributed by atoms with E-state index in [1.54, 1.807) is 23.0 Å². The second-order valence-corrected chi connectivity index (χ2v) is 7.64. The molecule has 1 aliphatic heterocycles. The van der Waals surface area contributed by atoms with Crippen molar-refractivity contribution in [3.63, 3.8) is 0 Å². The predicted octanol–water partition coefficient (Wildman–Crippen LogP) is 5.32. The number of alkyl halides is 2. The molecule has 4 rings (SSSR count). The maximum atomic E-state index is 13.3. The molecule has 1 N–H and O–H groups in total. The lowest BCUT2D eigenvalue weighted by molar-refractivity contribution is -0.286. The zero-order chi connectivity index (χ0) is 22.3. The first kappa shape index (κ1) is 21.0. The van der Waals surface area contributed by atoms with E-state index in [0.29, 0.717) is 29.1 Å². The van der Waals surface area contributed by atoms with E-state index in [9.17, 15) is 13.6 Å². The van der Waals surface area contributed by atoms with E-state index < -0.39 is 6.29 Å². The quantitative estimate of drug-likeness (QED) is 0.571. The zero-order valence-corrected chi connectivity index (χ0v) is 17.7. The molecule has 2 aromatic heterocycles. The summed E-state index contributed by atoms with van der Waals surface area (Å²) in [5.74, 6) is -0.567. The molecule has 0 atom stereocenters. The molecule has 0 spiro atoms. The Bertz CT molecular complexity index is 1160. The van der Waals surface area contributed by atoms with Gasteiger partial charge in [-0.2, -0.15) is 5.10 Å². The summed E-state index contributed by atoms with van der Waals surface area (Å²) in [5, 5.41) is 7.23. The van der Waals surface area contributed by atoms with E-state index in [2.05, 4.69) is 24.9 Å². The molecule has 0 saturated carbocycles. The Morgan fingerprint density at radius 1 is 1.26 bits per heavy atom.